The van der Waals surface area contributed by atoms with Crippen LogP contribution in [0.25, 0.3) is 17.1 Å². The second kappa shape index (κ2) is 11.3. The minimum absolute atomic E-state index is 0.0633. The Morgan fingerprint density at radius 1 is 1.20 bits per heavy atom. The van der Waals surface area contributed by atoms with Crippen molar-refractivity contribution in [2.75, 3.05) is 26.9 Å². The molecule has 1 N–H and O–H groups in total. The molecule has 41 heavy (non-hydrogen) atoms. The second-order valence-corrected chi connectivity index (χ2v) is 10.3. The highest BCUT2D eigenvalue weighted by atomic mass is 19.1. The molecule has 10 heteroatoms. The Balaban J connectivity index is 1.25. The van der Waals surface area contributed by atoms with Crippen molar-refractivity contribution in [3.8, 4) is 28.7 Å². The van der Waals surface area contributed by atoms with Crippen LogP contribution in [0, 0.1) is 12.7 Å². The van der Waals surface area contributed by atoms with E-state index in [1.165, 1.54) is 18.0 Å². The maximum Gasteiger partial charge on any atom is 0.342 e. The molecule has 2 aliphatic heterocycles. The van der Waals surface area contributed by atoms with Crippen LogP contribution in [0.1, 0.15) is 39.0 Å². The largest absolute Gasteiger partial charge is 0.488 e. The normalized spacial score (nSPS) is 16.9. The van der Waals surface area contributed by atoms with Crippen molar-refractivity contribution in [1.82, 2.24) is 19.7 Å². The number of methoxy groups -OCH3 is 1. The number of hydrogen-bond donors (Lipinski definition) is 1. The Morgan fingerprint density at radius 2 is 2.05 bits per heavy atom. The average molecular weight is 559 g/mol. The summed E-state index contributed by atoms with van der Waals surface area (Å²) in [5.74, 6) is -0.280. The van der Waals surface area contributed by atoms with E-state index in [4.69, 9.17) is 19.2 Å². The third-order valence-corrected chi connectivity index (χ3v) is 7.82. The summed E-state index contributed by atoms with van der Waals surface area (Å²) < 4.78 is 34.1. The van der Waals surface area contributed by atoms with Crippen molar-refractivity contribution in [3.05, 3.63) is 88.4 Å². The van der Waals surface area contributed by atoms with E-state index >= 15 is 4.39 Å². The molecule has 2 aromatic carbocycles. The van der Waals surface area contributed by atoms with Crippen LogP contribution in [-0.4, -0.2) is 63.7 Å². The summed E-state index contributed by atoms with van der Waals surface area (Å²) >= 11 is 0. The zero-order valence-electron chi connectivity index (χ0n) is 23.0. The molecule has 0 amide bonds. The molecule has 0 unspecified atom stereocenters. The van der Waals surface area contributed by atoms with Crippen LogP contribution in [0.2, 0.25) is 0 Å². The van der Waals surface area contributed by atoms with Gasteiger partial charge in [0.1, 0.15) is 23.7 Å². The van der Waals surface area contributed by atoms with Crippen LogP contribution in [0.15, 0.2) is 54.7 Å². The monoisotopic (exact) mass is 558 g/mol. The molecule has 2 aromatic heterocycles. The third-order valence-electron chi connectivity index (χ3n) is 7.82. The predicted octanol–water partition coefficient (Wildman–Crippen LogP) is 4.81. The van der Waals surface area contributed by atoms with Crippen molar-refractivity contribution < 1.29 is 28.5 Å². The lowest BCUT2D eigenvalue weighted by molar-refractivity contribution is 0.0693. The number of benzene rings is 2. The standard InChI is InChI=1S/C31H31FN4O5/c1-19-5-3-6-24(26-7-4-8-27(34-26)36-30(39-2)25(15-33-36)31(37)38)29(19)41-17-21-10-9-20-16-35(22-12-14-40-18-22)13-11-23(20)28(21)32/h3-10,15,22H,11-14,16-18H2,1-2H3,(H,37,38)/t22-/m0/s1. The lowest BCUT2D eigenvalue weighted by atomic mass is 9.95. The number of aryl methyl sites for hydroxylation is 1. The van der Waals surface area contributed by atoms with Gasteiger partial charge in [-0.3, -0.25) is 4.90 Å². The third kappa shape index (κ3) is 5.16. The van der Waals surface area contributed by atoms with Gasteiger partial charge < -0.3 is 19.3 Å². The zero-order chi connectivity index (χ0) is 28.5. The molecule has 1 fully saturated rings. The minimum atomic E-state index is -1.14. The number of pyridine rings is 1. The molecule has 1 saturated heterocycles. The van der Waals surface area contributed by atoms with Crippen LogP contribution < -0.4 is 9.47 Å². The van der Waals surface area contributed by atoms with Crippen molar-refractivity contribution >= 4 is 5.97 Å². The molecule has 6 rings (SSSR count). The van der Waals surface area contributed by atoms with E-state index in [0.717, 1.165) is 55.0 Å². The number of hydrogen-bond acceptors (Lipinski definition) is 7. The lowest BCUT2D eigenvalue weighted by Gasteiger charge is -2.33. The Bertz CT molecular complexity index is 1600. The van der Waals surface area contributed by atoms with E-state index in [0.29, 0.717) is 35.3 Å². The van der Waals surface area contributed by atoms with E-state index in [2.05, 4.69) is 10.00 Å². The number of carboxylic acid groups (broad SMARTS) is 1. The molecule has 4 heterocycles. The number of carbonyl (C=O) groups is 1. The van der Waals surface area contributed by atoms with Gasteiger partial charge in [-0.05, 0) is 54.7 Å². The average Bonchev–Trinajstić information content (AvgIpc) is 3.68. The van der Waals surface area contributed by atoms with E-state index in [1.807, 2.05) is 43.3 Å². The number of halogens is 1. The quantitative estimate of drug-likeness (QED) is 0.329. The van der Waals surface area contributed by atoms with Gasteiger partial charge in [0.25, 0.3) is 0 Å². The summed E-state index contributed by atoms with van der Waals surface area (Å²) in [6, 6.07) is 15.3. The van der Waals surface area contributed by atoms with Crippen LogP contribution >= 0.6 is 0 Å². The SMILES string of the molecule is COc1c(C(=O)O)cnn1-c1cccc(-c2cccc(C)c2OCc2ccc3c(c2F)CCN([C@H]2CCOC2)C3)n1. The summed E-state index contributed by atoms with van der Waals surface area (Å²) in [6.45, 7) is 5.11. The first-order valence-electron chi connectivity index (χ1n) is 13.6. The molecule has 212 valence electrons. The van der Waals surface area contributed by atoms with E-state index in [1.54, 1.807) is 12.1 Å². The van der Waals surface area contributed by atoms with Gasteiger partial charge in [0, 0.05) is 36.9 Å². The molecular formula is C31H31FN4O5. The predicted molar refractivity (Wildman–Crippen MR) is 149 cm³/mol. The van der Waals surface area contributed by atoms with E-state index < -0.39 is 5.97 Å². The van der Waals surface area contributed by atoms with Crippen LogP contribution in [0.4, 0.5) is 4.39 Å². The molecule has 2 aliphatic rings. The first-order valence-corrected chi connectivity index (χ1v) is 13.6. The Morgan fingerprint density at radius 3 is 2.83 bits per heavy atom. The van der Waals surface area contributed by atoms with Crippen molar-refractivity contribution in [3.63, 3.8) is 0 Å². The Hall–Kier alpha value is -4.28. The highest BCUT2D eigenvalue weighted by Crippen LogP contribution is 2.34. The maximum atomic E-state index is 15.7. The van der Waals surface area contributed by atoms with Gasteiger partial charge in [-0.15, -0.1) is 0 Å². The molecule has 0 saturated carbocycles. The highest BCUT2D eigenvalue weighted by Gasteiger charge is 2.28. The number of para-hydroxylation sites is 1. The Kier molecular flexibility index (Phi) is 7.42. The van der Waals surface area contributed by atoms with Crippen molar-refractivity contribution in [1.29, 1.82) is 0 Å². The number of aromatic carboxylic acids is 1. The zero-order valence-corrected chi connectivity index (χ0v) is 23.0. The number of aromatic nitrogens is 3. The van der Waals surface area contributed by atoms with Gasteiger partial charge in [-0.1, -0.05) is 30.3 Å². The van der Waals surface area contributed by atoms with Gasteiger partial charge in [0.2, 0.25) is 5.88 Å². The van der Waals surface area contributed by atoms with Gasteiger partial charge in [-0.2, -0.15) is 9.78 Å². The topological polar surface area (TPSA) is 98.9 Å². The van der Waals surface area contributed by atoms with Gasteiger partial charge in [0.05, 0.1) is 25.6 Å². The van der Waals surface area contributed by atoms with E-state index in [9.17, 15) is 9.90 Å². The fourth-order valence-corrected chi connectivity index (χ4v) is 5.65. The van der Waals surface area contributed by atoms with Crippen LogP contribution in [0.3, 0.4) is 0 Å². The number of nitrogens with zero attached hydrogens (tertiary/aromatic N) is 4. The fourth-order valence-electron chi connectivity index (χ4n) is 5.65. The van der Waals surface area contributed by atoms with Gasteiger partial charge in [-0.25, -0.2) is 14.2 Å². The molecule has 0 aliphatic carbocycles. The summed E-state index contributed by atoms with van der Waals surface area (Å²) in [4.78, 5) is 18.7. The van der Waals surface area contributed by atoms with Crippen LogP contribution in [0.5, 0.6) is 11.6 Å². The molecular weight excluding hydrogens is 527 g/mol. The summed E-state index contributed by atoms with van der Waals surface area (Å²) in [5, 5.41) is 13.6. The number of ether oxygens (including phenoxy) is 3. The lowest BCUT2D eigenvalue weighted by Crippen LogP contribution is -2.40. The summed E-state index contributed by atoms with van der Waals surface area (Å²) in [6.07, 6.45) is 2.92. The van der Waals surface area contributed by atoms with Crippen molar-refractivity contribution in [2.24, 2.45) is 0 Å². The first-order chi connectivity index (χ1) is 19.9. The summed E-state index contributed by atoms with van der Waals surface area (Å²) in [5.41, 5.74) is 4.46. The van der Waals surface area contributed by atoms with E-state index in [-0.39, 0.29) is 23.9 Å². The number of carboxylic acids is 1. The highest BCUT2D eigenvalue weighted by molar-refractivity contribution is 5.90. The molecule has 9 nitrogen and oxygen atoms in total. The van der Waals surface area contributed by atoms with Crippen molar-refractivity contribution in [2.45, 2.75) is 39.0 Å². The maximum absolute atomic E-state index is 15.7. The first kappa shape index (κ1) is 26.9. The van der Waals surface area contributed by atoms with Gasteiger partial charge in [0.15, 0.2) is 5.82 Å². The number of rotatable bonds is 8. The molecule has 1 atom stereocenters. The molecule has 0 radical (unpaired) electrons. The second-order valence-electron chi connectivity index (χ2n) is 10.3. The molecule has 0 bridgehead atoms. The minimum Gasteiger partial charge on any atom is -0.488 e. The van der Waals surface area contributed by atoms with Crippen LogP contribution in [-0.2, 0) is 24.3 Å². The summed E-state index contributed by atoms with van der Waals surface area (Å²) in [7, 11) is 1.39. The molecule has 4 aromatic rings. The number of fused-ring (bicyclic) bond motifs is 1. The fraction of sp³-hybridized carbons (Fsp3) is 0.323. The smallest absolute Gasteiger partial charge is 0.342 e. The Labute approximate surface area is 237 Å². The molecule has 0 spiro atoms. The van der Waals surface area contributed by atoms with Gasteiger partial charge >= 0.3 is 5.97 Å².